The Morgan fingerprint density at radius 2 is 2.58 bits per heavy atom. The second kappa shape index (κ2) is 5.22. The Hall–Kier alpha value is -0.480. The van der Waals surface area contributed by atoms with Crippen molar-refractivity contribution in [2.24, 2.45) is 0 Å². The molecule has 0 unspecified atom stereocenters. The largest absolute Gasteiger partial charge is 0.468 e. The average Bonchev–Trinajstić information content (AvgIpc) is 2.57. The van der Waals surface area contributed by atoms with E-state index >= 15 is 0 Å². The van der Waals surface area contributed by atoms with Gasteiger partial charge in [0.25, 0.3) is 0 Å². The van der Waals surface area contributed by atoms with Gasteiger partial charge in [0.1, 0.15) is 0 Å². The van der Waals surface area contributed by atoms with Gasteiger partial charge < -0.3 is 4.74 Å². The van der Waals surface area contributed by atoms with Gasteiger partial charge in [0, 0.05) is 10.6 Å². The Kier molecular flexibility index (Phi) is 4.18. The highest BCUT2D eigenvalue weighted by atomic mass is 32.2. The van der Waals surface area contributed by atoms with Crippen LogP contribution >= 0.6 is 23.1 Å². The molecule has 4 heteroatoms. The van der Waals surface area contributed by atoms with E-state index in [0.29, 0.717) is 5.75 Å². The summed E-state index contributed by atoms with van der Waals surface area (Å²) in [6, 6.07) is 4.08. The van der Waals surface area contributed by atoms with Crippen LogP contribution in [0, 0.1) is 0 Å². The van der Waals surface area contributed by atoms with Gasteiger partial charge in [-0.05, 0) is 11.4 Å². The van der Waals surface area contributed by atoms with Crippen molar-refractivity contribution in [2.45, 2.75) is 5.75 Å². The number of carbonyl (C=O) groups is 1. The lowest BCUT2D eigenvalue weighted by Gasteiger charge is -1.97. The van der Waals surface area contributed by atoms with E-state index in [1.807, 2.05) is 11.4 Å². The summed E-state index contributed by atoms with van der Waals surface area (Å²) in [6.07, 6.45) is 0. The van der Waals surface area contributed by atoms with E-state index in [-0.39, 0.29) is 5.97 Å². The molecule has 0 saturated carbocycles. The summed E-state index contributed by atoms with van der Waals surface area (Å²) in [5.41, 5.74) is 0. The third-order valence-electron chi connectivity index (χ3n) is 1.27. The van der Waals surface area contributed by atoms with Crippen molar-refractivity contribution in [1.29, 1.82) is 0 Å². The minimum atomic E-state index is -0.156. The Balaban J connectivity index is 2.15. The van der Waals surface area contributed by atoms with Crippen molar-refractivity contribution >= 4 is 29.1 Å². The van der Waals surface area contributed by atoms with Gasteiger partial charge in [0.2, 0.25) is 0 Å². The predicted molar refractivity (Wildman–Crippen MR) is 52.5 cm³/mol. The first-order chi connectivity index (χ1) is 5.83. The second-order valence-corrected chi connectivity index (χ2v) is 4.17. The molecule has 0 fully saturated rings. The predicted octanol–water partition coefficient (Wildman–Crippen LogP) is 2.15. The lowest BCUT2D eigenvalue weighted by Crippen LogP contribution is -2.02. The standard InChI is InChI=1S/C8H10O2S2/c1-10-8(9)6-11-5-7-3-2-4-12-7/h2-4H,5-6H2,1H3. The first kappa shape index (κ1) is 9.61. The van der Waals surface area contributed by atoms with Crippen molar-refractivity contribution in [2.75, 3.05) is 12.9 Å². The summed E-state index contributed by atoms with van der Waals surface area (Å²) in [6.45, 7) is 0. The van der Waals surface area contributed by atoms with Crippen LogP contribution in [0.15, 0.2) is 17.5 Å². The molecule has 0 amide bonds. The molecular formula is C8H10O2S2. The molecule has 12 heavy (non-hydrogen) atoms. The van der Waals surface area contributed by atoms with E-state index in [0.717, 1.165) is 5.75 Å². The molecule has 0 bridgehead atoms. The maximum Gasteiger partial charge on any atom is 0.315 e. The summed E-state index contributed by atoms with van der Waals surface area (Å²) in [7, 11) is 1.41. The van der Waals surface area contributed by atoms with E-state index in [9.17, 15) is 4.79 Å². The van der Waals surface area contributed by atoms with Crippen LogP contribution in [-0.2, 0) is 15.3 Å². The van der Waals surface area contributed by atoms with E-state index in [1.54, 1.807) is 23.1 Å². The second-order valence-electron chi connectivity index (χ2n) is 2.15. The molecule has 0 saturated heterocycles. The van der Waals surface area contributed by atoms with Crippen LogP contribution in [0.1, 0.15) is 4.88 Å². The van der Waals surface area contributed by atoms with Crippen molar-refractivity contribution in [3.63, 3.8) is 0 Å². The van der Waals surface area contributed by atoms with Crippen LogP contribution in [0.5, 0.6) is 0 Å². The molecule has 1 aromatic rings. The molecule has 0 aliphatic carbocycles. The fraction of sp³-hybridized carbons (Fsp3) is 0.375. The van der Waals surface area contributed by atoms with Gasteiger partial charge in [0.05, 0.1) is 12.9 Å². The Morgan fingerprint density at radius 1 is 1.75 bits per heavy atom. The van der Waals surface area contributed by atoms with Gasteiger partial charge in [-0.1, -0.05) is 6.07 Å². The average molecular weight is 202 g/mol. The number of carbonyl (C=O) groups excluding carboxylic acids is 1. The van der Waals surface area contributed by atoms with Gasteiger partial charge in [0.15, 0.2) is 0 Å². The van der Waals surface area contributed by atoms with E-state index < -0.39 is 0 Å². The van der Waals surface area contributed by atoms with Crippen molar-refractivity contribution in [3.8, 4) is 0 Å². The first-order valence-electron chi connectivity index (χ1n) is 3.50. The maximum absolute atomic E-state index is 10.7. The SMILES string of the molecule is COC(=O)CSCc1cccs1. The maximum atomic E-state index is 10.7. The van der Waals surface area contributed by atoms with Crippen molar-refractivity contribution < 1.29 is 9.53 Å². The summed E-state index contributed by atoms with van der Waals surface area (Å²) in [4.78, 5) is 12.0. The van der Waals surface area contributed by atoms with Crippen LogP contribution in [0.25, 0.3) is 0 Å². The highest BCUT2D eigenvalue weighted by Gasteiger charge is 2.00. The minimum absolute atomic E-state index is 0.156. The fourth-order valence-corrected chi connectivity index (χ4v) is 2.38. The fourth-order valence-electron chi connectivity index (χ4n) is 0.689. The Labute approximate surface area is 79.9 Å². The van der Waals surface area contributed by atoms with Gasteiger partial charge >= 0.3 is 5.97 Å². The van der Waals surface area contributed by atoms with Gasteiger partial charge in [-0.25, -0.2) is 0 Å². The zero-order valence-corrected chi connectivity index (χ0v) is 8.41. The number of esters is 1. The molecule has 0 aliphatic rings. The zero-order chi connectivity index (χ0) is 8.81. The van der Waals surface area contributed by atoms with Crippen molar-refractivity contribution in [1.82, 2.24) is 0 Å². The number of thiophene rings is 1. The summed E-state index contributed by atoms with van der Waals surface area (Å²) in [5.74, 6) is 1.18. The number of thioether (sulfide) groups is 1. The molecule has 0 aliphatic heterocycles. The van der Waals surface area contributed by atoms with Crippen LogP contribution in [-0.4, -0.2) is 18.8 Å². The van der Waals surface area contributed by atoms with Crippen LogP contribution < -0.4 is 0 Å². The van der Waals surface area contributed by atoms with Gasteiger partial charge in [-0.2, -0.15) is 0 Å². The van der Waals surface area contributed by atoms with E-state index in [4.69, 9.17) is 0 Å². The molecular weight excluding hydrogens is 192 g/mol. The zero-order valence-electron chi connectivity index (χ0n) is 6.78. The summed E-state index contributed by atoms with van der Waals surface area (Å²) in [5, 5.41) is 2.04. The van der Waals surface area contributed by atoms with E-state index in [2.05, 4.69) is 10.8 Å². The first-order valence-corrected chi connectivity index (χ1v) is 5.53. The van der Waals surface area contributed by atoms with E-state index in [1.165, 1.54) is 12.0 Å². The lowest BCUT2D eigenvalue weighted by atomic mass is 10.5. The topological polar surface area (TPSA) is 26.3 Å². The molecule has 0 atom stereocenters. The van der Waals surface area contributed by atoms with Gasteiger partial charge in [-0.15, -0.1) is 23.1 Å². The third-order valence-corrected chi connectivity index (χ3v) is 3.29. The molecule has 0 aromatic carbocycles. The molecule has 0 N–H and O–H groups in total. The van der Waals surface area contributed by atoms with Crippen LogP contribution in [0.3, 0.4) is 0 Å². The molecule has 2 nitrogen and oxygen atoms in total. The summed E-state index contributed by atoms with van der Waals surface area (Å²) < 4.78 is 4.51. The molecule has 0 radical (unpaired) electrons. The van der Waals surface area contributed by atoms with Crippen LogP contribution in [0.4, 0.5) is 0 Å². The number of ether oxygens (including phenoxy) is 1. The lowest BCUT2D eigenvalue weighted by molar-refractivity contribution is -0.137. The number of rotatable bonds is 4. The van der Waals surface area contributed by atoms with Crippen molar-refractivity contribution in [3.05, 3.63) is 22.4 Å². The molecule has 0 spiro atoms. The molecule has 1 rings (SSSR count). The number of methoxy groups -OCH3 is 1. The van der Waals surface area contributed by atoms with Crippen LogP contribution in [0.2, 0.25) is 0 Å². The highest BCUT2D eigenvalue weighted by Crippen LogP contribution is 2.16. The Morgan fingerprint density at radius 3 is 3.17 bits per heavy atom. The number of hydrogen-bond acceptors (Lipinski definition) is 4. The quantitative estimate of drug-likeness (QED) is 0.700. The monoisotopic (exact) mass is 202 g/mol. The Bertz CT molecular complexity index is 231. The molecule has 1 aromatic heterocycles. The highest BCUT2D eigenvalue weighted by molar-refractivity contribution is 7.99. The third kappa shape index (κ3) is 3.28. The number of hydrogen-bond donors (Lipinski definition) is 0. The minimum Gasteiger partial charge on any atom is -0.468 e. The molecule has 66 valence electrons. The van der Waals surface area contributed by atoms with Gasteiger partial charge in [-0.3, -0.25) is 4.79 Å². The normalized spacial score (nSPS) is 9.75. The molecule has 1 heterocycles. The smallest absolute Gasteiger partial charge is 0.315 e. The summed E-state index contributed by atoms with van der Waals surface area (Å²) >= 11 is 3.29.